The van der Waals surface area contributed by atoms with E-state index in [4.69, 9.17) is 12.2 Å². The fraction of sp³-hybridized carbons (Fsp3) is 0.143. The average molecular weight is 334 g/mol. The van der Waals surface area contributed by atoms with E-state index < -0.39 is 0 Å². The number of aromatic nitrogens is 3. The normalized spacial score (nSPS) is 11.1. The van der Waals surface area contributed by atoms with E-state index in [9.17, 15) is 0 Å². The van der Waals surface area contributed by atoms with Crippen molar-refractivity contribution in [2.24, 2.45) is 0 Å². The number of benzene rings is 1. The highest BCUT2D eigenvalue weighted by molar-refractivity contribution is 9.10. The summed E-state index contributed by atoms with van der Waals surface area (Å²) in [5.74, 6) is 0. The number of imidazole rings is 1. The van der Waals surface area contributed by atoms with E-state index in [-0.39, 0.29) is 0 Å². The van der Waals surface area contributed by atoms with Crippen molar-refractivity contribution in [3.05, 3.63) is 50.8 Å². The Bertz CT molecular complexity index is 832. The van der Waals surface area contributed by atoms with Gasteiger partial charge in [-0.05, 0) is 71.3 Å². The van der Waals surface area contributed by atoms with Gasteiger partial charge >= 0.3 is 0 Å². The molecule has 0 unspecified atom stereocenters. The first-order chi connectivity index (χ1) is 9.06. The van der Waals surface area contributed by atoms with Crippen molar-refractivity contribution in [2.75, 3.05) is 0 Å². The van der Waals surface area contributed by atoms with Crippen LogP contribution in [0.3, 0.4) is 0 Å². The predicted octanol–water partition coefficient (Wildman–Crippen LogP) is 4.46. The number of nitrogens with one attached hydrogen (secondary N) is 1. The molecule has 5 heteroatoms. The van der Waals surface area contributed by atoms with Gasteiger partial charge in [0.25, 0.3) is 0 Å². The summed E-state index contributed by atoms with van der Waals surface area (Å²) >= 11 is 9.01. The van der Waals surface area contributed by atoms with Gasteiger partial charge in [0.05, 0.1) is 11.2 Å². The minimum absolute atomic E-state index is 0.652. The van der Waals surface area contributed by atoms with E-state index in [0.29, 0.717) is 4.77 Å². The van der Waals surface area contributed by atoms with Gasteiger partial charge in [0.2, 0.25) is 0 Å². The summed E-state index contributed by atoms with van der Waals surface area (Å²) < 4.78 is 3.61. The van der Waals surface area contributed by atoms with E-state index in [2.05, 4.69) is 51.0 Å². The Morgan fingerprint density at radius 3 is 2.79 bits per heavy atom. The zero-order chi connectivity index (χ0) is 13.6. The van der Waals surface area contributed by atoms with Gasteiger partial charge in [-0.2, -0.15) is 0 Å². The summed E-state index contributed by atoms with van der Waals surface area (Å²) in [4.78, 5) is 7.70. The van der Waals surface area contributed by atoms with Gasteiger partial charge in [-0.25, -0.2) is 4.98 Å². The average Bonchev–Trinajstić information content (AvgIpc) is 2.67. The first-order valence-corrected chi connectivity index (χ1v) is 7.10. The Balaban J connectivity index is 2.39. The Morgan fingerprint density at radius 1 is 1.21 bits per heavy atom. The van der Waals surface area contributed by atoms with Crippen molar-refractivity contribution in [3.8, 4) is 5.69 Å². The first-order valence-electron chi connectivity index (χ1n) is 5.90. The van der Waals surface area contributed by atoms with Gasteiger partial charge in [-0.1, -0.05) is 6.07 Å². The van der Waals surface area contributed by atoms with Crippen LogP contribution >= 0.6 is 28.1 Å². The molecule has 3 aromatic rings. The van der Waals surface area contributed by atoms with Crippen molar-refractivity contribution in [3.63, 3.8) is 0 Å². The number of H-pyrrole nitrogens is 1. The topological polar surface area (TPSA) is 33.6 Å². The van der Waals surface area contributed by atoms with Crippen LogP contribution in [-0.4, -0.2) is 14.5 Å². The molecule has 0 radical (unpaired) electrons. The Kier molecular flexibility index (Phi) is 3.03. The van der Waals surface area contributed by atoms with Gasteiger partial charge in [-0.15, -0.1) is 0 Å². The number of hydrogen-bond acceptors (Lipinski definition) is 2. The SMILES string of the molecule is Cc1ccc(Br)c(-n2c(=S)[nH]c3cc(C)cnc32)c1. The minimum Gasteiger partial charge on any atom is -0.329 e. The van der Waals surface area contributed by atoms with Crippen molar-refractivity contribution >= 4 is 39.3 Å². The van der Waals surface area contributed by atoms with E-state index in [0.717, 1.165) is 26.9 Å². The van der Waals surface area contributed by atoms with Crippen LogP contribution in [0.15, 0.2) is 34.9 Å². The third-order valence-electron chi connectivity index (χ3n) is 3.00. The molecular formula is C14H12BrN3S. The van der Waals surface area contributed by atoms with Crippen LogP contribution in [0.25, 0.3) is 16.9 Å². The molecule has 1 N–H and O–H groups in total. The number of fused-ring (bicyclic) bond motifs is 1. The molecule has 0 amide bonds. The first kappa shape index (κ1) is 12.6. The van der Waals surface area contributed by atoms with E-state index in [1.165, 1.54) is 5.56 Å². The molecule has 0 saturated carbocycles. The molecule has 19 heavy (non-hydrogen) atoms. The fourth-order valence-electron chi connectivity index (χ4n) is 2.12. The summed E-state index contributed by atoms with van der Waals surface area (Å²) in [5, 5.41) is 0. The number of nitrogens with zero attached hydrogens (tertiary/aromatic N) is 2. The van der Waals surface area contributed by atoms with Gasteiger partial charge in [0.15, 0.2) is 10.4 Å². The summed E-state index contributed by atoms with van der Waals surface area (Å²) in [6.45, 7) is 4.08. The molecule has 3 rings (SSSR count). The van der Waals surface area contributed by atoms with Crippen LogP contribution in [0, 0.1) is 18.6 Å². The number of aromatic amines is 1. The quantitative estimate of drug-likeness (QED) is 0.667. The molecule has 0 fully saturated rings. The molecule has 0 aliphatic heterocycles. The summed E-state index contributed by atoms with van der Waals surface area (Å²) in [6, 6.07) is 8.23. The fourth-order valence-corrected chi connectivity index (χ4v) is 2.84. The monoisotopic (exact) mass is 333 g/mol. The molecule has 0 saturated heterocycles. The van der Waals surface area contributed by atoms with E-state index in [1.54, 1.807) is 0 Å². The lowest BCUT2D eigenvalue weighted by molar-refractivity contribution is 1.03. The highest BCUT2D eigenvalue weighted by Gasteiger charge is 2.10. The van der Waals surface area contributed by atoms with Crippen molar-refractivity contribution in [1.82, 2.24) is 14.5 Å². The molecule has 0 aliphatic carbocycles. The molecule has 0 bridgehead atoms. The molecular weight excluding hydrogens is 322 g/mol. The minimum atomic E-state index is 0.652. The van der Waals surface area contributed by atoms with Crippen LogP contribution in [0.4, 0.5) is 0 Å². The number of hydrogen-bond donors (Lipinski definition) is 1. The second-order valence-electron chi connectivity index (χ2n) is 4.60. The zero-order valence-corrected chi connectivity index (χ0v) is 13.0. The highest BCUT2D eigenvalue weighted by Crippen LogP contribution is 2.26. The smallest absolute Gasteiger partial charge is 0.184 e. The maximum absolute atomic E-state index is 5.43. The molecule has 96 valence electrons. The Morgan fingerprint density at radius 2 is 2.00 bits per heavy atom. The molecule has 1 aromatic carbocycles. The Labute approximate surface area is 124 Å². The van der Waals surface area contributed by atoms with E-state index >= 15 is 0 Å². The molecule has 2 heterocycles. The number of aryl methyl sites for hydroxylation is 2. The largest absolute Gasteiger partial charge is 0.329 e. The van der Waals surface area contributed by atoms with Crippen LogP contribution in [0.1, 0.15) is 11.1 Å². The third-order valence-corrected chi connectivity index (χ3v) is 3.96. The number of halogens is 1. The van der Waals surface area contributed by atoms with Crippen LogP contribution in [-0.2, 0) is 0 Å². The second kappa shape index (κ2) is 4.58. The standard InChI is InChI=1S/C14H12BrN3S/c1-8-3-4-10(15)12(6-8)18-13-11(17-14(18)19)5-9(2)7-16-13/h3-7H,1-2H3,(H,17,19). The van der Waals surface area contributed by atoms with Crippen molar-refractivity contribution < 1.29 is 0 Å². The maximum Gasteiger partial charge on any atom is 0.184 e. The lowest BCUT2D eigenvalue weighted by Gasteiger charge is -2.07. The van der Waals surface area contributed by atoms with Gasteiger partial charge < -0.3 is 4.98 Å². The lowest BCUT2D eigenvalue weighted by Crippen LogP contribution is -1.97. The summed E-state index contributed by atoms with van der Waals surface area (Å²) in [5.41, 5.74) is 5.11. The molecule has 0 atom stereocenters. The van der Waals surface area contributed by atoms with E-state index in [1.807, 2.05) is 23.8 Å². The molecule has 3 nitrogen and oxygen atoms in total. The van der Waals surface area contributed by atoms with Gasteiger partial charge in [0.1, 0.15) is 0 Å². The third kappa shape index (κ3) is 2.13. The zero-order valence-electron chi connectivity index (χ0n) is 10.6. The summed E-state index contributed by atoms with van der Waals surface area (Å²) in [6.07, 6.45) is 1.85. The van der Waals surface area contributed by atoms with Crippen LogP contribution in [0.5, 0.6) is 0 Å². The van der Waals surface area contributed by atoms with Gasteiger partial charge in [0, 0.05) is 10.7 Å². The highest BCUT2D eigenvalue weighted by atomic mass is 79.9. The van der Waals surface area contributed by atoms with Crippen LogP contribution in [0.2, 0.25) is 0 Å². The van der Waals surface area contributed by atoms with Gasteiger partial charge in [-0.3, -0.25) is 4.57 Å². The van der Waals surface area contributed by atoms with Crippen LogP contribution < -0.4 is 0 Å². The second-order valence-corrected chi connectivity index (χ2v) is 5.85. The maximum atomic E-state index is 5.43. The number of rotatable bonds is 1. The molecule has 0 spiro atoms. The lowest BCUT2D eigenvalue weighted by atomic mass is 10.2. The molecule has 2 aromatic heterocycles. The number of pyridine rings is 1. The Hall–Kier alpha value is -1.46. The molecule has 0 aliphatic rings. The van der Waals surface area contributed by atoms with Crippen molar-refractivity contribution in [2.45, 2.75) is 13.8 Å². The predicted molar refractivity (Wildman–Crippen MR) is 83.4 cm³/mol. The van der Waals surface area contributed by atoms with Crippen molar-refractivity contribution in [1.29, 1.82) is 0 Å². The summed E-state index contributed by atoms with van der Waals surface area (Å²) in [7, 11) is 0.